The monoisotopic (exact) mass is 643 g/mol. The van der Waals surface area contributed by atoms with Crippen LogP contribution in [0.1, 0.15) is 41.5 Å². The number of nitrogens with zero attached hydrogens (tertiary/aromatic N) is 3. The summed E-state index contributed by atoms with van der Waals surface area (Å²) in [6.07, 6.45) is 0. The van der Waals surface area contributed by atoms with Gasteiger partial charge >= 0.3 is 29.1 Å². The molecule has 0 aliphatic rings. The summed E-state index contributed by atoms with van der Waals surface area (Å²) in [5.74, 6) is 0. The van der Waals surface area contributed by atoms with Gasteiger partial charge < -0.3 is 27.8 Å². The van der Waals surface area contributed by atoms with Crippen LogP contribution in [0, 0.1) is 0 Å². The average Bonchev–Trinajstić information content (AvgIpc) is 2.93. The molecule has 0 saturated carbocycles. The average molecular weight is 644 g/mol. The minimum atomic E-state index is -8.55. The summed E-state index contributed by atoms with van der Waals surface area (Å²) < 4.78 is 71.5. The minimum absolute atomic E-state index is 0. The van der Waals surface area contributed by atoms with E-state index < -0.39 is 8.16 Å². The van der Waals surface area contributed by atoms with E-state index in [0.29, 0.717) is 0 Å². The van der Waals surface area contributed by atoms with Crippen LogP contribution in [0.15, 0.2) is 49.6 Å². The van der Waals surface area contributed by atoms with Crippen LogP contribution in [0.3, 0.4) is 0 Å². The van der Waals surface area contributed by atoms with Crippen molar-refractivity contribution >= 4 is 74.6 Å². The molecule has 3 aromatic carbocycles. The second-order valence-corrected chi connectivity index (χ2v) is 11.6. The zero-order valence-electron chi connectivity index (χ0n) is 25.5. The molecular formula is C31H36F6N3O3P. The molecule has 240 valence electrons. The molecule has 0 N–H and O–H groups in total. The summed E-state index contributed by atoms with van der Waals surface area (Å²) in [5.41, 5.74) is 7.28. The van der Waals surface area contributed by atoms with Crippen molar-refractivity contribution in [3.8, 4) is 0 Å². The molecule has 0 amide bonds. The van der Waals surface area contributed by atoms with Gasteiger partial charge in [0.05, 0.1) is 28.3 Å². The fourth-order valence-electron chi connectivity index (χ4n) is 5.99. The third kappa shape index (κ3) is 6.27. The van der Waals surface area contributed by atoms with Crippen molar-refractivity contribution in [3.05, 3.63) is 41.8 Å². The van der Waals surface area contributed by atoms with Gasteiger partial charge in [0.2, 0.25) is 5.36 Å². The Bertz CT molecular complexity index is 1860. The van der Waals surface area contributed by atoms with Crippen LogP contribution in [0.2, 0.25) is 0 Å². The zero-order chi connectivity index (χ0) is 31.3. The van der Waals surface area contributed by atoms with Gasteiger partial charge in [-0.2, -0.15) is 0 Å². The second kappa shape index (κ2) is 12.0. The molecular weight excluding hydrogens is 607 g/mol. The summed E-state index contributed by atoms with van der Waals surface area (Å²) in [6, 6.07) is 13.0. The number of halogens is 6. The summed E-state index contributed by atoms with van der Waals surface area (Å²) in [4.78, 5) is 4.66. The maximum Gasteiger partial charge on any atom is -1.00 e. The molecule has 0 spiro atoms. The van der Waals surface area contributed by atoms with Crippen LogP contribution in [0.25, 0.3) is 55.0 Å². The molecule has 0 bridgehead atoms. The van der Waals surface area contributed by atoms with Gasteiger partial charge in [-0.1, -0.05) is 0 Å². The number of hydrogen-bond acceptors (Lipinski definition) is 5. The number of anilines is 2. The van der Waals surface area contributed by atoms with Crippen molar-refractivity contribution in [1.29, 1.82) is 0 Å². The smallest absolute Gasteiger partial charge is 1.00 e. The normalized spacial score (nSPS) is 12.8. The molecule has 0 unspecified atom stereocenters. The molecule has 0 aliphatic carbocycles. The molecule has 44 heavy (non-hydrogen) atoms. The van der Waals surface area contributed by atoms with Crippen molar-refractivity contribution in [1.82, 2.24) is 4.58 Å². The Labute approximate surface area is 250 Å². The van der Waals surface area contributed by atoms with Crippen molar-refractivity contribution in [2.45, 2.75) is 41.5 Å². The Morgan fingerprint density at radius 1 is 0.523 bits per heavy atom. The second-order valence-electron chi connectivity index (χ2n) is 10.3. The van der Waals surface area contributed by atoms with Crippen LogP contribution in [-0.2, 0) is 0 Å². The first-order valence-electron chi connectivity index (χ1n) is 14.6. The van der Waals surface area contributed by atoms with Crippen LogP contribution in [-0.4, -0.2) is 39.3 Å². The largest absolute Gasteiger partial charge is 1.00 e. The number of rotatable bonds is 8. The summed E-state index contributed by atoms with van der Waals surface area (Å²) in [5, 5.41) is 5.33. The Morgan fingerprint density at radius 2 is 0.795 bits per heavy atom. The van der Waals surface area contributed by atoms with Crippen LogP contribution in [0.5, 0.6) is 0 Å². The number of benzene rings is 3. The van der Waals surface area contributed by atoms with Crippen molar-refractivity contribution in [2.75, 3.05) is 49.1 Å². The molecule has 3 heterocycles. The van der Waals surface area contributed by atoms with Crippen LogP contribution >= 0.6 is 8.16 Å². The third-order valence-electron chi connectivity index (χ3n) is 7.95. The Balaban J connectivity index is 0.000000576. The maximum absolute atomic E-state index is 9.84. The van der Waals surface area contributed by atoms with E-state index in [-0.39, 0.29) is 4.70 Å². The van der Waals surface area contributed by atoms with Crippen LogP contribution in [0.4, 0.5) is 32.4 Å². The summed E-state index contributed by atoms with van der Waals surface area (Å²) in [7, 11) is -8.55. The molecule has 0 fully saturated rings. The van der Waals surface area contributed by atoms with E-state index in [1.807, 2.05) is 0 Å². The number of hydrogen-bond donors (Lipinski definition) is 0. The van der Waals surface area contributed by atoms with E-state index >= 15 is 0 Å². The zero-order valence-corrected chi connectivity index (χ0v) is 26.4. The first-order chi connectivity index (χ1) is 20.3. The van der Waals surface area contributed by atoms with E-state index in [4.69, 9.17) is 13.3 Å². The Kier molecular flexibility index (Phi) is 9.09. The van der Waals surface area contributed by atoms with Gasteiger partial charge in [-0.25, -0.2) is 4.58 Å². The first-order valence-corrected chi connectivity index (χ1v) is 16.3. The minimum Gasteiger partial charge on any atom is -1.00 e. The molecule has 13 heteroatoms. The standard InChI is InChI=1S/C31H36N3O3.F5P.FH/c1-7-32(8-2)19-13-22-28-23(14-19)36-25-16-21(34(11-5)12-6)18-27-30(25)31(28)29-24(35-22)15-20(17-26(29)37-27)33(9-3)10-4;1-6(2,3,4)5;/h13-18H,7-12H2,1-6H3;;1H/q+1;;/p-1. The maximum atomic E-state index is 9.84. The first kappa shape index (κ1) is 33.2. The topological polar surface area (TPSA) is 48.9 Å². The summed E-state index contributed by atoms with van der Waals surface area (Å²) >= 11 is 0. The van der Waals surface area contributed by atoms with E-state index in [1.54, 1.807) is 0 Å². The van der Waals surface area contributed by atoms with Gasteiger partial charge in [0.25, 0.3) is 0 Å². The molecule has 6 nitrogen and oxygen atoms in total. The van der Waals surface area contributed by atoms with Crippen molar-refractivity contribution in [2.24, 2.45) is 0 Å². The predicted molar refractivity (Wildman–Crippen MR) is 168 cm³/mol. The van der Waals surface area contributed by atoms with Gasteiger partial charge in [0, 0.05) is 67.2 Å². The Hall–Kier alpha value is -3.66. The molecule has 3 aromatic heterocycles. The SMILES string of the molecule is CCN(CC)c1cc2oc3cc(N(CC)CC)cc4oc5cc(=[N+](CC)CC)cc6oc(c1)c2c(c34)c65.FP(F)(F)(F)F.[F-]. The van der Waals surface area contributed by atoms with Gasteiger partial charge in [-0.3, -0.25) is 0 Å². The van der Waals surface area contributed by atoms with E-state index in [0.717, 1.165) is 111 Å². The molecule has 6 aromatic rings. The van der Waals surface area contributed by atoms with Crippen LogP contribution < -0.4 is 24.4 Å². The van der Waals surface area contributed by atoms with Crippen molar-refractivity contribution in [3.63, 3.8) is 0 Å². The van der Waals surface area contributed by atoms with Gasteiger partial charge in [0.15, 0.2) is 0 Å². The fraction of sp³-hybridized carbons (Fsp3) is 0.387. The quantitative estimate of drug-likeness (QED) is 0.0581. The van der Waals surface area contributed by atoms with E-state index in [1.165, 1.54) is 0 Å². The van der Waals surface area contributed by atoms with Gasteiger partial charge in [-0.05, 0) is 41.5 Å². The fourth-order valence-corrected chi connectivity index (χ4v) is 5.99. The predicted octanol–water partition coefficient (Wildman–Crippen LogP) is 7.14. The summed E-state index contributed by atoms with van der Waals surface area (Å²) in [6.45, 7) is 18.6. The molecule has 6 rings (SSSR count). The van der Waals surface area contributed by atoms with Gasteiger partial charge in [0.1, 0.15) is 46.6 Å². The van der Waals surface area contributed by atoms with Crippen molar-refractivity contribution < 1.29 is 38.9 Å². The van der Waals surface area contributed by atoms with E-state index in [2.05, 4.69) is 92.3 Å². The third-order valence-corrected chi connectivity index (χ3v) is 7.95. The van der Waals surface area contributed by atoms with E-state index in [9.17, 15) is 21.0 Å². The molecule has 0 aliphatic heterocycles. The van der Waals surface area contributed by atoms with Gasteiger partial charge in [-0.15, -0.1) is 0 Å². The molecule has 0 radical (unpaired) electrons. The Morgan fingerprint density at radius 3 is 1.05 bits per heavy atom. The molecule has 0 atom stereocenters. The molecule has 0 saturated heterocycles.